The van der Waals surface area contributed by atoms with Gasteiger partial charge in [0.15, 0.2) is 0 Å². The van der Waals surface area contributed by atoms with Crippen LogP contribution in [0.2, 0.25) is 0 Å². The van der Waals surface area contributed by atoms with Crippen molar-refractivity contribution in [1.82, 2.24) is 15.3 Å². The minimum Gasteiger partial charge on any atom is -0.305 e. The van der Waals surface area contributed by atoms with Crippen LogP contribution < -0.4 is 5.32 Å². The van der Waals surface area contributed by atoms with Crippen molar-refractivity contribution in [1.29, 1.82) is 0 Å². The number of pyridine rings is 1. The molecule has 1 N–H and O–H groups in total. The minimum absolute atomic E-state index is 0.343. The van der Waals surface area contributed by atoms with Gasteiger partial charge >= 0.3 is 0 Å². The second-order valence-electron chi connectivity index (χ2n) is 3.35. The molecule has 15 heavy (non-hydrogen) atoms. The Bertz CT molecular complexity index is 385. The monoisotopic (exact) mass is 219 g/mol. The van der Waals surface area contributed by atoms with Gasteiger partial charge in [-0.05, 0) is 24.6 Å². The van der Waals surface area contributed by atoms with Crippen LogP contribution in [-0.2, 0) is 6.54 Å². The van der Waals surface area contributed by atoms with E-state index in [-0.39, 0.29) is 0 Å². The highest BCUT2D eigenvalue weighted by atomic mass is 32.1. The molecule has 0 aromatic carbocycles. The van der Waals surface area contributed by atoms with Crippen molar-refractivity contribution in [2.75, 3.05) is 0 Å². The lowest BCUT2D eigenvalue weighted by Gasteiger charge is -2.12. The maximum absolute atomic E-state index is 4.04. The molecule has 2 aromatic heterocycles. The number of thiazole rings is 1. The van der Waals surface area contributed by atoms with Gasteiger partial charge in [-0.25, -0.2) is 0 Å². The lowest BCUT2D eigenvalue weighted by atomic mass is 10.1. The summed E-state index contributed by atoms with van der Waals surface area (Å²) in [5.74, 6) is 0. The molecular weight excluding hydrogens is 206 g/mol. The molecule has 0 aliphatic rings. The Hall–Kier alpha value is -1.26. The Kier molecular flexibility index (Phi) is 3.42. The maximum atomic E-state index is 4.04. The zero-order valence-electron chi connectivity index (χ0n) is 8.55. The van der Waals surface area contributed by atoms with E-state index in [1.165, 1.54) is 10.4 Å². The standard InChI is InChI=1S/C11H13N3S/c1-9(10-2-4-12-5-3-10)14-7-11-6-13-8-15-11/h2-6,8-9,14H,7H2,1H3/t9-/m0/s1. The van der Waals surface area contributed by atoms with E-state index >= 15 is 0 Å². The van der Waals surface area contributed by atoms with Crippen LogP contribution in [0, 0.1) is 0 Å². The highest BCUT2D eigenvalue weighted by molar-refractivity contribution is 7.09. The second kappa shape index (κ2) is 5.00. The first-order valence-electron chi connectivity index (χ1n) is 4.87. The third kappa shape index (κ3) is 2.84. The molecule has 0 unspecified atom stereocenters. The molecule has 0 aliphatic carbocycles. The van der Waals surface area contributed by atoms with E-state index < -0.39 is 0 Å². The summed E-state index contributed by atoms with van der Waals surface area (Å²) in [7, 11) is 0. The maximum Gasteiger partial charge on any atom is 0.0794 e. The topological polar surface area (TPSA) is 37.8 Å². The normalized spacial score (nSPS) is 12.6. The number of hydrogen-bond acceptors (Lipinski definition) is 4. The van der Waals surface area contributed by atoms with Crippen LogP contribution in [0.3, 0.4) is 0 Å². The van der Waals surface area contributed by atoms with Gasteiger partial charge in [0.05, 0.1) is 5.51 Å². The lowest BCUT2D eigenvalue weighted by Crippen LogP contribution is -2.17. The van der Waals surface area contributed by atoms with E-state index in [9.17, 15) is 0 Å². The van der Waals surface area contributed by atoms with Crippen molar-refractivity contribution >= 4 is 11.3 Å². The molecule has 0 fully saturated rings. The molecule has 4 heteroatoms. The molecule has 0 saturated carbocycles. The molecule has 1 atom stereocenters. The number of nitrogens with zero attached hydrogens (tertiary/aromatic N) is 2. The molecule has 0 amide bonds. The Morgan fingerprint density at radius 2 is 2.13 bits per heavy atom. The Morgan fingerprint density at radius 1 is 1.33 bits per heavy atom. The molecule has 3 nitrogen and oxygen atoms in total. The first kappa shape index (κ1) is 10.3. The minimum atomic E-state index is 0.343. The Balaban J connectivity index is 1.90. The number of hydrogen-bond donors (Lipinski definition) is 1. The van der Waals surface area contributed by atoms with Crippen molar-refractivity contribution < 1.29 is 0 Å². The predicted molar refractivity (Wildman–Crippen MR) is 61.6 cm³/mol. The fourth-order valence-corrected chi connectivity index (χ4v) is 1.90. The summed E-state index contributed by atoms with van der Waals surface area (Å²) in [5.41, 5.74) is 3.11. The predicted octanol–water partition coefficient (Wildman–Crippen LogP) is 2.39. The average Bonchev–Trinajstić information content (AvgIpc) is 2.80. The smallest absolute Gasteiger partial charge is 0.0794 e. The summed E-state index contributed by atoms with van der Waals surface area (Å²) in [6.07, 6.45) is 5.54. The van der Waals surface area contributed by atoms with Gasteiger partial charge in [-0.1, -0.05) is 0 Å². The molecule has 2 heterocycles. The zero-order valence-corrected chi connectivity index (χ0v) is 9.37. The highest BCUT2D eigenvalue weighted by Crippen LogP contribution is 2.12. The van der Waals surface area contributed by atoms with Gasteiger partial charge in [-0.3, -0.25) is 9.97 Å². The number of aromatic nitrogens is 2. The average molecular weight is 219 g/mol. The Morgan fingerprint density at radius 3 is 2.80 bits per heavy atom. The SMILES string of the molecule is C[C@H](NCc1cncs1)c1ccncc1. The molecule has 78 valence electrons. The second-order valence-corrected chi connectivity index (χ2v) is 4.32. The van der Waals surface area contributed by atoms with E-state index in [1.54, 1.807) is 11.3 Å². The summed E-state index contributed by atoms with van der Waals surface area (Å²) in [4.78, 5) is 9.30. The first-order chi connectivity index (χ1) is 7.36. The molecule has 0 saturated heterocycles. The van der Waals surface area contributed by atoms with Crippen LogP contribution in [0.25, 0.3) is 0 Å². The van der Waals surface area contributed by atoms with E-state index in [1.807, 2.05) is 36.2 Å². The van der Waals surface area contributed by atoms with Crippen molar-refractivity contribution in [2.45, 2.75) is 19.5 Å². The molecular formula is C11H13N3S. The first-order valence-corrected chi connectivity index (χ1v) is 5.75. The van der Waals surface area contributed by atoms with Gasteiger partial charge in [0.25, 0.3) is 0 Å². The summed E-state index contributed by atoms with van der Waals surface area (Å²) < 4.78 is 0. The molecule has 0 bridgehead atoms. The van der Waals surface area contributed by atoms with Gasteiger partial charge in [0.1, 0.15) is 0 Å². The summed E-state index contributed by atoms with van der Waals surface area (Å²) >= 11 is 1.67. The van der Waals surface area contributed by atoms with E-state index in [0.29, 0.717) is 6.04 Å². The van der Waals surface area contributed by atoms with Gasteiger partial charge < -0.3 is 5.32 Å². The van der Waals surface area contributed by atoms with E-state index in [4.69, 9.17) is 0 Å². The van der Waals surface area contributed by atoms with Gasteiger partial charge in [0, 0.05) is 36.1 Å². The third-order valence-electron chi connectivity index (χ3n) is 2.27. The van der Waals surface area contributed by atoms with Crippen LogP contribution in [0.15, 0.2) is 36.2 Å². The molecule has 0 spiro atoms. The number of nitrogens with one attached hydrogen (secondary N) is 1. The van der Waals surface area contributed by atoms with E-state index in [2.05, 4.69) is 22.2 Å². The van der Waals surface area contributed by atoms with Crippen molar-refractivity contribution in [2.24, 2.45) is 0 Å². The third-order valence-corrected chi connectivity index (χ3v) is 3.05. The van der Waals surface area contributed by atoms with Gasteiger partial charge in [-0.2, -0.15) is 0 Å². The van der Waals surface area contributed by atoms with Gasteiger partial charge in [-0.15, -0.1) is 11.3 Å². The highest BCUT2D eigenvalue weighted by Gasteiger charge is 2.04. The molecule has 0 radical (unpaired) electrons. The van der Waals surface area contributed by atoms with Gasteiger partial charge in [0.2, 0.25) is 0 Å². The summed E-state index contributed by atoms with van der Waals surface area (Å²) in [5, 5.41) is 3.44. The quantitative estimate of drug-likeness (QED) is 0.858. The van der Waals surface area contributed by atoms with Crippen LogP contribution in [0.5, 0.6) is 0 Å². The lowest BCUT2D eigenvalue weighted by molar-refractivity contribution is 0.578. The van der Waals surface area contributed by atoms with E-state index in [0.717, 1.165) is 6.54 Å². The van der Waals surface area contributed by atoms with Crippen LogP contribution in [-0.4, -0.2) is 9.97 Å². The van der Waals surface area contributed by atoms with Crippen molar-refractivity contribution in [3.05, 3.63) is 46.7 Å². The zero-order chi connectivity index (χ0) is 10.5. The molecule has 0 aliphatic heterocycles. The van der Waals surface area contributed by atoms with Crippen LogP contribution in [0.1, 0.15) is 23.4 Å². The fourth-order valence-electron chi connectivity index (χ4n) is 1.35. The van der Waals surface area contributed by atoms with Crippen LogP contribution in [0.4, 0.5) is 0 Å². The molecule has 2 aromatic rings. The largest absolute Gasteiger partial charge is 0.305 e. The van der Waals surface area contributed by atoms with Crippen LogP contribution >= 0.6 is 11.3 Å². The Labute approximate surface area is 93.2 Å². The number of rotatable bonds is 4. The summed E-state index contributed by atoms with van der Waals surface area (Å²) in [6.45, 7) is 3.02. The summed E-state index contributed by atoms with van der Waals surface area (Å²) in [6, 6.07) is 4.41. The van der Waals surface area contributed by atoms with Crippen molar-refractivity contribution in [3.8, 4) is 0 Å². The fraction of sp³-hybridized carbons (Fsp3) is 0.273. The van der Waals surface area contributed by atoms with Crippen molar-refractivity contribution in [3.63, 3.8) is 0 Å². The molecule has 2 rings (SSSR count).